The number of primary amides is 1. The number of hydrogen-bond acceptors (Lipinski definition) is 3. The van der Waals surface area contributed by atoms with Crippen LogP contribution in [0.5, 0.6) is 5.75 Å². The Hall–Kier alpha value is -1.84. The molecule has 0 aliphatic heterocycles. The highest BCUT2D eigenvalue weighted by molar-refractivity contribution is 5.76. The zero-order chi connectivity index (χ0) is 12.1. The maximum Gasteiger partial charge on any atom is 0.220 e. The van der Waals surface area contributed by atoms with Gasteiger partial charge < -0.3 is 10.5 Å². The maximum atomic E-state index is 10.6. The number of benzene rings is 1. The van der Waals surface area contributed by atoms with E-state index in [9.17, 15) is 9.59 Å². The lowest BCUT2D eigenvalue weighted by Gasteiger charge is -2.11. The van der Waals surface area contributed by atoms with Gasteiger partial charge in [0, 0.05) is 5.56 Å². The van der Waals surface area contributed by atoms with Crippen molar-refractivity contribution in [2.75, 3.05) is 6.61 Å². The molecule has 0 aromatic heterocycles. The minimum atomic E-state index is -0.389. The van der Waals surface area contributed by atoms with Crippen LogP contribution in [0.2, 0.25) is 0 Å². The molecule has 0 spiro atoms. The van der Waals surface area contributed by atoms with Crippen LogP contribution in [0.25, 0.3) is 0 Å². The molecule has 0 saturated carbocycles. The van der Waals surface area contributed by atoms with Gasteiger partial charge in [0.25, 0.3) is 0 Å². The SMILES string of the molecule is Cc1cc(C=O)cc(C)c1OCCC(N)=O. The largest absolute Gasteiger partial charge is 0.493 e. The molecule has 1 aromatic carbocycles. The third kappa shape index (κ3) is 3.08. The molecular weight excluding hydrogens is 206 g/mol. The highest BCUT2D eigenvalue weighted by Gasteiger charge is 2.06. The molecule has 0 fully saturated rings. The minimum Gasteiger partial charge on any atom is -0.493 e. The van der Waals surface area contributed by atoms with Gasteiger partial charge >= 0.3 is 0 Å². The van der Waals surface area contributed by atoms with Crippen molar-refractivity contribution in [2.24, 2.45) is 5.73 Å². The fourth-order valence-electron chi connectivity index (χ4n) is 1.53. The van der Waals surface area contributed by atoms with E-state index in [1.807, 2.05) is 13.8 Å². The van der Waals surface area contributed by atoms with E-state index in [1.54, 1.807) is 12.1 Å². The number of nitrogens with two attached hydrogens (primary N) is 1. The number of ether oxygens (including phenoxy) is 1. The number of rotatable bonds is 5. The van der Waals surface area contributed by atoms with Crippen LogP contribution in [0.3, 0.4) is 0 Å². The molecule has 1 aromatic rings. The molecule has 0 atom stereocenters. The molecule has 4 nitrogen and oxygen atoms in total. The predicted octanol–water partition coefficient (Wildman–Crippen LogP) is 1.37. The zero-order valence-electron chi connectivity index (χ0n) is 9.45. The summed E-state index contributed by atoms with van der Waals surface area (Å²) >= 11 is 0. The van der Waals surface area contributed by atoms with E-state index in [-0.39, 0.29) is 18.9 Å². The lowest BCUT2D eigenvalue weighted by atomic mass is 10.1. The Bertz CT molecular complexity index is 390. The van der Waals surface area contributed by atoms with E-state index in [1.165, 1.54) is 0 Å². The monoisotopic (exact) mass is 221 g/mol. The summed E-state index contributed by atoms with van der Waals surface area (Å²) < 4.78 is 5.46. The van der Waals surface area contributed by atoms with E-state index in [0.29, 0.717) is 11.3 Å². The van der Waals surface area contributed by atoms with Gasteiger partial charge in [0.2, 0.25) is 5.91 Å². The molecule has 0 aliphatic rings. The van der Waals surface area contributed by atoms with Gasteiger partial charge in [-0.1, -0.05) is 0 Å². The van der Waals surface area contributed by atoms with Crippen molar-refractivity contribution in [3.8, 4) is 5.75 Å². The Morgan fingerprint density at radius 2 is 1.94 bits per heavy atom. The second-order valence-electron chi connectivity index (χ2n) is 3.67. The third-order valence-corrected chi connectivity index (χ3v) is 2.21. The summed E-state index contributed by atoms with van der Waals surface area (Å²) in [5.74, 6) is 0.326. The number of carbonyl (C=O) groups excluding carboxylic acids is 2. The van der Waals surface area contributed by atoms with Crippen molar-refractivity contribution in [1.29, 1.82) is 0 Å². The van der Waals surface area contributed by atoms with Crippen molar-refractivity contribution in [2.45, 2.75) is 20.3 Å². The van der Waals surface area contributed by atoms with Crippen LogP contribution in [0.1, 0.15) is 27.9 Å². The van der Waals surface area contributed by atoms with Crippen LogP contribution in [0, 0.1) is 13.8 Å². The first kappa shape index (κ1) is 12.2. The minimum absolute atomic E-state index is 0.189. The highest BCUT2D eigenvalue weighted by atomic mass is 16.5. The summed E-state index contributed by atoms with van der Waals surface area (Å²) in [6.45, 7) is 3.98. The maximum absolute atomic E-state index is 10.6. The summed E-state index contributed by atoms with van der Waals surface area (Å²) in [5.41, 5.74) is 7.40. The van der Waals surface area contributed by atoms with Gasteiger partial charge in [-0.05, 0) is 37.1 Å². The van der Waals surface area contributed by atoms with Crippen LogP contribution in [0.4, 0.5) is 0 Å². The lowest BCUT2D eigenvalue weighted by Crippen LogP contribution is -2.15. The summed E-state index contributed by atoms with van der Waals surface area (Å²) in [5, 5.41) is 0. The molecular formula is C12H15NO3. The molecule has 4 heteroatoms. The standard InChI is InChI=1S/C12H15NO3/c1-8-5-10(7-14)6-9(2)12(8)16-4-3-11(13)15/h5-7H,3-4H2,1-2H3,(H2,13,15). The van der Waals surface area contributed by atoms with Crippen molar-refractivity contribution in [1.82, 2.24) is 0 Å². The predicted molar refractivity (Wildman–Crippen MR) is 60.6 cm³/mol. The molecule has 0 saturated heterocycles. The summed E-state index contributed by atoms with van der Waals surface area (Å²) in [6.07, 6.45) is 0.988. The van der Waals surface area contributed by atoms with Gasteiger partial charge in [0.1, 0.15) is 12.0 Å². The number of aldehydes is 1. The van der Waals surface area contributed by atoms with Gasteiger partial charge in [-0.15, -0.1) is 0 Å². The van der Waals surface area contributed by atoms with Crippen LogP contribution in [-0.2, 0) is 4.79 Å². The van der Waals surface area contributed by atoms with E-state index in [0.717, 1.165) is 17.4 Å². The number of aryl methyl sites for hydroxylation is 2. The molecule has 2 N–H and O–H groups in total. The normalized spacial score (nSPS) is 9.88. The fourth-order valence-corrected chi connectivity index (χ4v) is 1.53. The first-order valence-electron chi connectivity index (χ1n) is 5.02. The van der Waals surface area contributed by atoms with Crippen LogP contribution >= 0.6 is 0 Å². The van der Waals surface area contributed by atoms with Gasteiger partial charge in [-0.2, -0.15) is 0 Å². The van der Waals surface area contributed by atoms with E-state index in [4.69, 9.17) is 10.5 Å². The van der Waals surface area contributed by atoms with Gasteiger partial charge in [-0.3, -0.25) is 9.59 Å². The Morgan fingerprint density at radius 1 is 1.38 bits per heavy atom. The molecule has 0 heterocycles. The molecule has 86 valence electrons. The molecule has 0 unspecified atom stereocenters. The van der Waals surface area contributed by atoms with Crippen LogP contribution < -0.4 is 10.5 Å². The van der Waals surface area contributed by atoms with Gasteiger partial charge in [0.15, 0.2) is 0 Å². The van der Waals surface area contributed by atoms with E-state index < -0.39 is 0 Å². The van der Waals surface area contributed by atoms with Crippen molar-refractivity contribution in [3.63, 3.8) is 0 Å². The van der Waals surface area contributed by atoms with E-state index in [2.05, 4.69) is 0 Å². The Balaban J connectivity index is 2.80. The Morgan fingerprint density at radius 3 is 2.38 bits per heavy atom. The van der Waals surface area contributed by atoms with E-state index >= 15 is 0 Å². The molecule has 1 rings (SSSR count). The molecule has 0 bridgehead atoms. The summed E-state index contributed by atoms with van der Waals surface area (Å²) in [7, 11) is 0. The number of amides is 1. The number of carbonyl (C=O) groups is 2. The van der Waals surface area contributed by atoms with Crippen LogP contribution in [0.15, 0.2) is 12.1 Å². The smallest absolute Gasteiger partial charge is 0.220 e. The van der Waals surface area contributed by atoms with Gasteiger partial charge in [0.05, 0.1) is 13.0 Å². The number of hydrogen-bond donors (Lipinski definition) is 1. The topological polar surface area (TPSA) is 69.4 Å². The molecule has 0 radical (unpaired) electrons. The summed E-state index contributed by atoms with van der Waals surface area (Å²) in [6, 6.07) is 3.50. The quantitative estimate of drug-likeness (QED) is 0.763. The van der Waals surface area contributed by atoms with Gasteiger partial charge in [-0.25, -0.2) is 0 Å². The van der Waals surface area contributed by atoms with Crippen molar-refractivity contribution in [3.05, 3.63) is 28.8 Å². The highest BCUT2D eigenvalue weighted by Crippen LogP contribution is 2.24. The van der Waals surface area contributed by atoms with Crippen LogP contribution in [-0.4, -0.2) is 18.8 Å². The average molecular weight is 221 g/mol. The first-order chi connectivity index (χ1) is 7.54. The Kier molecular flexibility index (Phi) is 4.05. The first-order valence-corrected chi connectivity index (χ1v) is 5.02. The van der Waals surface area contributed by atoms with Crippen molar-refractivity contribution >= 4 is 12.2 Å². The fraction of sp³-hybridized carbons (Fsp3) is 0.333. The molecule has 0 aliphatic carbocycles. The molecule has 1 amide bonds. The van der Waals surface area contributed by atoms with Crippen molar-refractivity contribution < 1.29 is 14.3 Å². The Labute approximate surface area is 94.4 Å². The molecule has 16 heavy (non-hydrogen) atoms. The summed E-state index contributed by atoms with van der Waals surface area (Å²) in [4.78, 5) is 21.2. The second-order valence-corrected chi connectivity index (χ2v) is 3.67. The third-order valence-electron chi connectivity index (χ3n) is 2.21. The average Bonchev–Trinajstić information content (AvgIpc) is 2.21. The second kappa shape index (κ2) is 5.30. The lowest BCUT2D eigenvalue weighted by molar-refractivity contribution is -0.118. The zero-order valence-corrected chi connectivity index (χ0v) is 9.45.